The Bertz CT molecular complexity index is 1720. The van der Waals surface area contributed by atoms with E-state index in [1.165, 1.54) is 93.3 Å². The van der Waals surface area contributed by atoms with Gasteiger partial charge in [0.15, 0.2) is 0 Å². The SMILES string of the molecule is CCCCCCCCCCCCN1C(=O)c2c[c]([Sn]([CH2]CCC)([CH2]CCC)[CH2]CCC)c3c4c(cc(C#N)c(c24)C1=O)C(=O)N(CCCCCCCCCCCC)C3=O. The van der Waals surface area contributed by atoms with Gasteiger partial charge in [-0.3, -0.25) is 0 Å². The average Bonchev–Trinajstić information content (AvgIpc) is 3.24. The third kappa shape index (κ3) is 12.4. The first-order valence-corrected chi connectivity index (χ1v) is 32.0. The number of nitrogens with zero attached hydrogens (tertiary/aromatic N) is 3. The number of carbonyl (C=O) groups is 4. The Hall–Kier alpha value is -2.73. The van der Waals surface area contributed by atoms with Crippen molar-refractivity contribution in [1.29, 1.82) is 5.26 Å². The van der Waals surface area contributed by atoms with E-state index in [2.05, 4.69) is 46.8 Å². The minimum atomic E-state index is -3.49. The summed E-state index contributed by atoms with van der Waals surface area (Å²) < 4.78 is 4.37. The molecule has 0 spiro atoms. The van der Waals surface area contributed by atoms with Crippen LogP contribution >= 0.6 is 0 Å². The van der Waals surface area contributed by atoms with Gasteiger partial charge in [-0.15, -0.1) is 0 Å². The van der Waals surface area contributed by atoms with Crippen LogP contribution in [0.1, 0.15) is 249 Å². The molecule has 0 aromatic heterocycles. The van der Waals surface area contributed by atoms with E-state index in [1.54, 1.807) is 6.07 Å². The molecule has 2 aromatic rings. The Balaban J connectivity index is 1.73. The molecule has 0 saturated carbocycles. The summed E-state index contributed by atoms with van der Waals surface area (Å²) >= 11 is -3.49. The zero-order chi connectivity index (χ0) is 42.6. The fourth-order valence-electron chi connectivity index (χ4n) is 9.91. The van der Waals surface area contributed by atoms with Gasteiger partial charge in [0.25, 0.3) is 0 Å². The van der Waals surface area contributed by atoms with E-state index in [0.717, 1.165) is 93.9 Å². The monoisotopic (exact) mass is 918 g/mol. The van der Waals surface area contributed by atoms with E-state index < -0.39 is 30.2 Å². The Kier molecular flexibility index (Phi) is 21.5. The van der Waals surface area contributed by atoms with Gasteiger partial charge in [0.2, 0.25) is 0 Å². The molecule has 2 heterocycles. The van der Waals surface area contributed by atoms with Crippen molar-refractivity contribution in [2.75, 3.05) is 13.1 Å². The van der Waals surface area contributed by atoms with Crippen molar-refractivity contribution in [1.82, 2.24) is 9.80 Å². The molecular formula is C51H79N3O4Sn. The fraction of sp³-hybridized carbons (Fsp3) is 0.706. The van der Waals surface area contributed by atoms with Crippen molar-refractivity contribution < 1.29 is 19.2 Å². The number of benzene rings is 2. The number of carbonyl (C=O) groups excluding carboxylic acids is 4. The van der Waals surface area contributed by atoms with Gasteiger partial charge < -0.3 is 0 Å². The molecule has 8 heteroatoms. The number of hydrogen-bond donors (Lipinski definition) is 0. The molecule has 0 radical (unpaired) electrons. The van der Waals surface area contributed by atoms with Crippen LogP contribution in [0.5, 0.6) is 0 Å². The van der Waals surface area contributed by atoms with Crippen molar-refractivity contribution in [3.63, 3.8) is 0 Å². The molecule has 326 valence electrons. The van der Waals surface area contributed by atoms with Crippen LogP contribution in [0.2, 0.25) is 13.3 Å². The molecule has 2 aromatic carbocycles. The van der Waals surface area contributed by atoms with E-state index in [0.29, 0.717) is 47.0 Å². The number of imide groups is 2. The van der Waals surface area contributed by atoms with Gasteiger partial charge in [-0.1, -0.05) is 58.8 Å². The Labute approximate surface area is 362 Å². The molecule has 0 fully saturated rings. The van der Waals surface area contributed by atoms with Gasteiger partial charge in [-0.2, -0.15) is 0 Å². The molecule has 0 unspecified atom stereocenters. The summed E-state index contributed by atoms with van der Waals surface area (Å²) in [7, 11) is 0. The Morgan fingerprint density at radius 2 is 0.780 bits per heavy atom. The number of unbranched alkanes of at least 4 members (excludes halogenated alkanes) is 21. The van der Waals surface area contributed by atoms with Crippen LogP contribution in [0.25, 0.3) is 10.8 Å². The summed E-state index contributed by atoms with van der Waals surface area (Å²) in [5.41, 5.74) is 1.64. The summed E-state index contributed by atoms with van der Waals surface area (Å²) in [4.78, 5) is 61.7. The molecule has 0 N–H and O–H groups in total. The van der Waals surface area contributed by atoms with Crippen molar-refractivity contribution >= 4 is 56.4 Å². The fourth-order valence-corrected chi connectivity index (χ4v) is 26.6. The van der Waals surface area contributed by atoms with Crippen molar-refractivity contribution in [2.24, 2.45) is 0 Å². The molecule has 0 bridgehead atoms. The van der Waals surface area contributed by atoms with Gasteiger partial charge in [-0.05, 0) is 0 Å². The van der Waals surface area contributed by atoms with Crippen LogP contribution in [-0.4, -0.2) is 64.9 Å². The summed E-state index contributed by atoms with van der Waals surface area (Å²) in [6.07, 6.45) is 29.5. The molecule has 2 aliphatic heterocycles. The number of rotatable bonds is 32. The maximum absolute atomic E-state index is 15.1. The predicted molar refractivity (Wildman–Crippen MR) is 248 cm³/mol. The van der Waals surface area contributed by atoms with Crippen LogP contribution in [0, 0.1) is 11.3 Å². The van der Waals surface area contributed by atoms with E-state index >= 15 is 4.79 Å². The first-order valence-electron chi connectivity index (χ1n) is 24.6. The van der Waals surface area contributed by atoms with E-state index in [9.17, 15) is 19.6 Å². The zero-order valence-corrected chi connectivity index (χ0v) is 40.9. The van der Waals surface area contributed by atoms with E-state index in [4.69, 9.17) is 0 Å². The molecule has 0 saturated heterocycles. The topological polar surface area (TPSA) is 98.6 Å². The van der Waals surface area contributed by atoms with E-state index in [-0.39, 0.29) is 22.9 Å². The normalized spacial score (nSPS) is 14.0. The Morgan fingerprint density at radius 3 is 1.17 bits per heavy atom. The number of nitriles is 1. The predicted octanol–water partition coefficient (Wildman–Crippen LogP) is 13.8. The molecule has 59 heavy (non-hydrogen) atoms. The summed E-state index contributed by atoms with van der Waals surface area (Å²) in [6, 6.07) is 5.89. The first-order chi connectivity index (χ1) is 28.8. The van der Waals surface area contributed by atoms with E-state index in [1.807, 2.05) is 0 Å². The maximum atomic E-state index is 15.1. The van der Waals surface area contributed by atoms with Crippen LogP contribution < -0.4 is 3.58 Å². The van der Waals surface area contributed by atoms with Crippen LogP contribution in [0.4, 0.5) is 0 Å². The first kappa shape index (κ1) is 48.9. The molecule has 4 amide bonds. The second-order valence-corrected chi connectivity index (χ2v) is 31.2. The van der Waals surface area contributed by atoms with Gasteiger partial charge in [0.05, 0.1) is 0 Å². The number of amides is 4. The van der Waals surface area contributed by atoms with Crippen LogP contribution in [-0.2, 0) is 0 Å². The Morgan fingerprint density at radius 1 is 0.441 bits per heavy atom. The van der Waals surface area contributed by atoms with Gasteiger partial charge in [0.1, 0.15) is 0 Å². The van der Waals surface area contributed by atoms with Crippen molar-refractivity contribution in [3.05, 3.63) is 39.9 Å². The second-order valence-electron chi connectivity index (χ2n) is 18.0. The third-order valence-corrected chi connectivity index (χ3v) is 29.1. The van der Waals surface area contributed by atoms with Crippen LogP contribution in [0.15, 0.2) is 12.1 Å². The molecule has 0 atom stereocenters. The molecule has 2 aliphatic rings. The molecule has 0 aliphatic carbocycles. The number of hydrogen-bond acceptors (Lipinski definition) is 5. The minimum absolute atomic E-state index is 0.123. The molecule has 4 rings (SSSR count). The average molecular weight is 917 g/mol. The summed E-state index contributed by atoms with van der Waals surface area (Å²) in [6.45, 7) is 11.8. The zero-order valence-electron chi connectivity index (χ0n) is 38.0. The van der Waals surface area contributed by atoms with Gasteiger partial charge in [-0.25, -0.2) is 0 Å². The second kappa shape index (κ2) is 25.9. The quantitative estimate of drug-likeness (QED) is 0.0414. The van der Waals surface area contributed by atoms with Crippen LogP contribution in [0.3, 0.4) is 0 Å². The molecule has 7 nitrogen and oxygen atoms in total. The third-order valence-electron chi connectivity index (χ3n) is 13.5. The van der Waals surface area contributed by atoms with Gasteiger partial charge in [0, 0.05) is 0 Å². The van der Waals surface area contributed by atoms with Crippen molar-refractivity contribution in [2.45, 2.75) is 215 Å². The summed E-state index contributed by atoms with van der Waals surface area (Å²) in [5.74, 6) is -1.45. The molecular weight excluding hydrogens is 837 g/mol. The standard InChI is InChI=1S/C39H52N3O4.3C4H9.Sn/c1-3-5-7-9-11-13-15-17-19-21-25-41-36(43)30-23-24-31-35-33(29(28-40)27-32(34(30)35)38(41)45)39(46)42(37(31)44)26-22-20-18-16-14-12-10-8-6-4-2;3*1-3-4-2;/h24,27H,3-22,25-26H2,1-2H3;3*1,3-4H2,2H3;. The van der Waals surface area contributed by atoms with Crippen molar-refractivity contribution in [3.8, 4) is 6.07 Å². The summed E-state index contributed by atoms with van der Waals surface area (Å²) in [5, 5.41) is 11.4. The van der Waals surface area contributed by atoms with Gasteiger partial charge >= 0.3 is 306 Å².